The summed E-state index contributed by atoms with van der Waals surface area (Å²) in [7, 11) is -0.976. The largest absolute Gasteiger partial charge is 0.525 e. The fourth-order valence-electron chi connectivity index (χ4n) is 3.20. The molecule has 3 aromatic carbocycles. The molecule has 0 amide bonds. The Balaban J connectivity index is 2.10. The van der Waals surface area contributed by atoms with Gasteiger partial charge in [0.05, 0.1) is 22.0 Å². The predicted octanol–water partition coefficient (Wildman–Crippen LogP) is 6.93. The molecule has 0 aromatic heterocycles. The molecule has 0 N–H and O–H groups in total. The van der Waals surface area contributed by atoms with E-state index in [9.17, 15) is 35.9 Å². The lowest BCUT2D eigenvalue weighted by molar-refractivity contribution is -0.367. The molecule has 0 aliphatic carbocycles. The summed E-state index contributed by atoms with van der Waals surface area (Å²) < 4.78 is 89.5. The summed E-state index contributed by atoms with van der Waals surface area (Å²) in [6.07, 6.45) is -14.4. The van der Waals surface area contributed by atoms with Gasteiger partial charge in [-0.3, -0.25) is 4.74 Å². The molecule has 0 spiro atoms. The number of hydrogen-bond donors (Lipinski definition) is 0. The van der Waals surface area contributed by atoms with Gasteiger partial charge in [-0.05, 0) is 44.2 Å². The Morgan fingerprint density at radius 1 is 0.684 bits per heavy atom. The third kappa shape index (κ3) is 7.99. The lowest BCUT2D eigenvalue weighted by Gasteiger charge is -2.18. The topological polar surface area (TPSA) is 61.8 Å². The minimum absolute atomic E-state index is 0.313. The number of halogens is 6. The van der Waals surface area contributed by atoms with Gasteiger partial charge in [0.1, 0.15) is 0 Å². The van der Waals surface area contributed by atoms with Gasteiger partial charge in [-0.15, -0.1) is 13.2 Å². The fraction of sp³-hybridized carbons (Fsp3) is 0.231. The quantitative estimate of drug-likeness (QED) is 0.130. The van der Waals surface area contributed by atoms with Gasteiger partial charge in [0, 0.05) is 12.1 Å². The maximum absolute atomic E-state index is 13.0. The molecule has 0 saturated carbocycles. The van der Waals surface area contributed by atoms with Crippen molar-refractivity contribution < 1.29 is 50.1 Å². The van der Waals surface area contributed by atoms with Crippen LogP contribution < -0.4 is 0 Å². The smallest absolute Gasteiger partial charge is 0.449 e. The zero-order chi connectivity index (χ0) is 28.1. The van der Waals surface area contributed by atoms with Crippen molar-refractivity contribution in [3.05, 3.63) is 90.0 Å². The van der Waals surface area contributed by atoms with Crippen molar-refractivity contribution in [2.45, 2.75) is 53.5 Å². The molecule has 12 heteroatoms. The molecule has 3 rings (SSSR count). The minimum Gasteiger partial charge on any atom is -0.449 e. The molecular weight excluding hydrogens is 538 g/mol. The van der Waals surface area contributed by atoms with Gasteiger partial charge < -0.3 is 9.47 Å². The second-order valence-corrected chi connectivity index (χ2v) is 9.83. The normalized spacial score (nSPS) is 13.6. The Morgan fingerprint density at radius 2 is 1.13 bits per heavy atom. The Kier molecular flexibility index (Phi) is 9.10. The molecule has 2 atom stereocenters. The number of esters is 2. The van der Waals surface area contributed by atoms with Crippen molar-refractivity contribution in [3.8, 4) is 0 Å². The van der Waals surface area contributed by atoms with Gasteiger partial charge in [0.2, 0.25) is 6.29 Å². The van der Waals surface area contributed by atoms with Crippen LogP contribution >= 0.6 is 0 Å². The Morgan fingerprint density at radius 3 is 1.55 bits per heavy atom. The Bertz CT molecular complexity index is 1210. The number of carbonyl (C=O) groups is 2. The molecule has 3 aromatic rings. The first-order valence-electron chi connectivity index (χ1n) is 11.0. The summed E-state index contributed by atoms with van der Waals surface area (Å²) in [5, 5.41) is 0. The van der Waals surface area contributed by atoms with Gasteiger partial charge in [0.25, 0.3) is 0 Å². The zero-order valence-corrected chi connectivity index (χ0v) is 20.7. The fourth-order valence-corrected chi connectivity index (χ4v) is 5.37. The Hall–Kier alpha value is -3.51. The highest BCUT2D eigenvalue weighted by atomic mass is 32.2. The molecule has 5 nitrogen and oxygen atoms in total. The summed E-state index contributed by atoms with van der Waals surface area (Å²) in [5.74, 6) is -2.67. The second kappa shape index (κ2) is 11.9. The highest BCUT2D eigenvalue weighted by molar-refractivity contribution is 7.97. The van der Waals surface area contributed by atoms with Crippen LogP contribution in [-0.4, -0.2) is 36.9 Å². The average Bonchev–Trinajstić information content (AvgIpc) is 2.83. The van der Waals surface area contributed by atoms with Crippen molar-refractivity contribution in [1.82, 2.24) is 0 Å². The van der Waals surface area contributed by atoms with Crippen LogP contribution in [0, 0.1) is 0 Å². The van der Waals surface area contributed by atoms with Crippen molar-refractivity contribution in [3.63, 3.8) is 0 Å². The second-order valence-electron chi connectivity index (χ2n) is 7.80. The van der Waals surface area contributed by atoms with Gasteiger partial charge in [-0.1, -0.05) is 36.4 Å². The van der Waals surface area contributed by atoms with Crippen LogP contribution in [0.4, 0.5) is 26.3 Å². The lowest BCUT2D eigenvalue weighted by Crippen LogP contribution is -2.31. The maximum atomic E-state index is 13.0. The van der Waals surface area contributed by atoms with Crippen LogP contribution in [0.1, 0.15) is 34.6 Å². The van der Waals surface area contributed by atoms with Gasteiger partial charge >= 0.3 is 24.5 Å². The first kappa shape index (κ1) is 29.1. The number of rotatable bonds is 8. The number of carbonyl (C=O) groups excluding carboxylic acids is 2. The molecule has 38 heavy (non-hydrogen) atoms. The van der Waals surface area contributed by atoms with Crippen molar-refractivity contribution in [2.24, 2.45) is 0 Å². The molecule has 0 radical (unpaired) electrons. The summed E-state index contributed by atoms with van der Waals surface area (Å²) in [4.78, 5) is 27.2. The first-order valence-corrected chi connectivity index (χ1v) is 12.2. The summed E-state index contributed by atoms with van der Waals surface area (Å²) in [5.41, 5.74) is -0.796. The highest BCUT2D eigenvalue weighted by Gasteiger charge is 2.40. The van der Waals surface area contributed by atoms with Gasteiger partial charge in [-0.25, -0.2) is 9.59 Å². The highest BCUT2D eigenvalue weighted by Crippen LogP contribution is 2.33. The van der Waals surface area contributed by atoms with Crippen LogP contribution in [-0.2, 0) is 25.1 Å². The monoisotopic (exact) mass is 559 g/mol. The van der Waals surface area contributed by atoms with E-state index in [1.807, 2.05) is 0 Å². The van der Waals surface area contributed by atoms with E-state index in [1.165, 1.54) is 12.1 Å². The van der Waals surface area contributed by atoms with E-state index in [1.54, 1.807) is 60.7 Å². The summed E-state index contributed by atoms with van der Waals surface area (Å²) in [6, 6.07) is 21.2. The summed E-state index contributed by atoms with van der Waals surface area (Å²) in [6.45, 7) is 1.49. The van der Waals surface area contributed by atoms with Crippen LogP contribution in [0.15, 0.2) is 93.5 Å². The van der Waals surface area contributed by atoms with Gasteiger partial charge in [-0.2, -0.15) is 13.2 Å². The van der Waals surface area contributed by atoms with Crippen molar-refractivity contribution in [1.29, 1.82) is 0 Å². The van der Waals surface area contributed by atoms with E-state index in [0.717, 1.165) is 22.8 Å². The number of ether oxygens (including phenoxy) is 3. The van der Waals surface area contributed by atoms with E-state index < -0.39 is 53.3 Å². The molecular formula is C26H21F6O5S+. The predicted molar refractivity (Wildman–Crippen MR) is 124 cm³/mol. The molecule has 0 saturated heterocycles. The van der Waals surface area contributed by atoms with Crippen molar-refractivity contribution >= 4 is 22.8 Å². The van der Waals surface area contributed by atoms with Crippen LogP contribution in [0.25, 0.3) is 0 Å². The van der Waals surface area contributed by atoms with Crippen LogP contribution in [0.3, 0.4) is 0 Å². The molecule has 0 bridgehead atoms. The molecule has 0 aliphatic heterocycles. The van der Waals surface area contributed by atoms with Crippen LogP contribution in [0.2, 0.25) is 0 Å². The number of alkyl halides is 6. The molecule has 0 heterocycles. The molecule has 202 valence electrons. The van der Waals surface area contributed by atoms with E-state index in [2.05, 4.69) is 9.47 Å². The van der Waals surface area contributed by atoms with E-state index in [4.69, 9.17) is 4.74 Å². The van der Waals surface area contributed by atoms with Crippen LogP contribution in [0.5, 0.6) is 0 Å². The van der Waals surface area contributed by atoms with E-state index >= 15 is 0 Å². The minimum atomic E-state index is -5.09. The zero-order valence-electron chi connectivity index (χ0n) is 19.9. The SMILES string of the molecule is CC(OC(=O)c1cc(C(=O)OC(C)C(F)(F)F)cc([S+](c2ccccc2)c2ccccc2)c1)OC(F)(F)F. The van der Waals surface area contributed by atoms with Crippen molar-refractivity contribution in [2.75, 3.05) is 0 Å². The van der Waals surface area contributed by atoms with E-state index in [-0.39, 0.29) is 5.56 Å². The molecule has 2 unspecified atom stereocenters. The standard InChI is InChI=1S/C26H21F6O5S/c1-16(25(27,28)29)35-23(33)18-13-19(24(34)36-17(2)37-26(30,31)32)15-22(14-18)38(20-9-5-3-6-10-20)21-11-7-4-8-12-21/h3-17H,1-2H3/q+1. The first-order chi connectivity index (χ1) is 17.7. The third-order valence-corrected chi connectivity index (χ3v) is 7.08. The average molecular weight is 560 g/mol. The van der Waals surface area contributed by atoms with E-state index in [0.29, 0.717) is 11.8 Å². The summed E-state index contributed by atoms with van der Waals surface area (Å²) >= 11 is 0. The molecule has 0 aliphatic rings. The molecule has 0 fully saturated rings. The third-order valence-electron chi connectivity index (χ3n) is 4.89. The number of benzene rings is 3. The Labute approximate surface area is 216 Å². The maximum Gasteiger partial charge on any atom is 0.525 e. The van der Waals surface area contributed by atoms with Gasteiger partial charge in [0.15, 0.2) is 20.8 Å². The lowest BCUT2D eigenvalue weighted by atomic mass is 10.1. The number of hydrogen-bond acceptors (Lipinski definition) is 5.